The summed E-state index contributed by atoms with van der Waals surface area (Å²) in [6, 6.07) is 13.2. The van der Waals surface area contributed by atoms with Crippen molar-refractivity contribution in [2.75, 3.05) is 32.9 Å². The molecule has 1 fully saturated rings. The van der Waals surface area contributed by atoms with Gasteiger partial charge in [-0.15, -0.1) is 0 Å². The molecule has 0 aliphatic carbocycles. The molecule has 0 bridgehead atoms. The van der Waals surface area contributed by atoms with E-state index < -0.39 is 5.91 Å². The Morgan fingerprint density at radius 3 is 2.57 bits per heavy atom. The van der Waals surface area contributed by atoms with E-state index in [1.807, 2.05) is 0 Å². The van der Waals surface area contributed by atoms with Crippen molar-refractivity contribution in [1.82, 2.24) is 10.3 Å². The predicted octanol–water partition coefficient (Wildman–Crippen LogP) is 1.39. The lowest BCUT2D eigenvalue weighted by Crippen LogP contribution is -2.42. The quantitative estimate of drug-likeness (QED) is 0.580. The Hall–Kier alpha value is -3.39. The number of rotatable bonds is 6. The van der Waals surface area contributed by atoms with Crippen molar-refractivity contribution >= 4 is 18.0 Å². The van der Waals surface area contributed by atoms with Crippen LogP contribution in [0.4, 0.5) is 0 Å². The van der Waals surface area contributed by atoms with Gasteiger partial charge in [0.15, 0.2) is 6.61 Å². The van der Waals surface area contributed by atoms with Crippen molar-refractivity contribution in [3.8, 4) is 11.5 Å². The maximum Gasteiger partial charge on any atom is 0.275 e. The number of para-hydroxylation sites is 1. The van der Waals surface area contributed by atoms with Crippen molar-refractivity contribution in [2.24, 2.45) is 5.10 Å². The second-order valence-corrected chi connectivity index (χ2v) is 6.07. The number of amides is 2. The Kier molecular flexibility index (Phi) is 6.59. The summed E-state index contributed by atoms with van der Waals surface area (Å²) in [4.78, 5) is 25.7. The standard InChI is InChI=1S/C20H21N3O5/c24-18-4-2-1-3-17(18)20(26)22-21-13-15-5-7-16(8-6-15)28-14-19(25)23-9-11-27-12-10-23/h1-8,13,24H,9-12,14H2,(H,22,26)/b21-13+. The fraction of sp³-hybridized carbons (Fsp3) is 0.250. The summed E-state index contributed by atoms with van der Waals surface area (Å²) in [5.74, 6) is -0.114. The first kappa shape index (κ1) is 19.4. The van der Waals surface area contributed by atoms with E-state index in [2.05, 4.69) is 10.5 Å². The van der Waals surface area contributed by atoms with Gasteiger partial charge in [0, 0.05) is 13.1 Å². The lowest BCUT2D eigenvalue weighted by molar-refractivity contribution is -0.137. The Bertz CT molecular complexity index is 845. The highest BCUT2D eigenvalue weighted by molar-refractivity contribution is 5.97. The van der Waals surface area contributed by atoms with E-state index in [0.29, 0.717) is 32.1 Å². The lowest BCUT2D eigenvalue weighted by atomic mass is 10.2. The average molecular weight is 383 g/mol. The van der Waals surface area contributed by atoms with Crippen molar-refractivity contribution < 1.29 is 24.2 Å². The minimum Gasteiger partial charge on any atom is -0.507 e. The molecule has 0 aromatic heterocycles. The fourth-order valence-corrected chi connectivity index (χ4v) is 2.59. The molecular formula is C20H21N3O5. The van der Waals surface area contributed by atoms with Crippen LogP contribution in [-0.2, 0) is 9.53 Å². The van der Waals surface area contributed by atoms with Crippen LogP contribution >= 0.6 is 0 Å². The zero-order valence-corrected chi connectivity index (χ0v) is 15.2. The van der Waals surface area contributed by atoms with Crippen LogP contribution in [0.3, 0.4) is 0 Å². The molecular weight excluding hydrogens is 362 g/mol. The number of carbonyl (C=O) groups excluding carboxylic acids is 2. The maximum atomic E-state index is 12.1. The van der Waals surface area contributed by atoms with Crippen molar-refractivity contribution in [2.45, 2.75) is 0 Å². The molecule has 0 unspecified atom stereocenters. The number of nitrogens with zero attached hydrogens (tertiary/aromatic N) is 2. The zero-order valence-electron chi connectivity index (χ0n) is 15.2. The molecule has 2 N–H and O–H groups in total. The minimum atomic E-state index is -0.504. The van der Waals surface area contributed by atoms with E-state index in [0.717, 1.165) is 5.56 Å². The van der Waals surface area contributed by atoms with E-state index in [1.165, 1.54) is 18.3 Å². The SMILES string of the molecule is O=C(N/N=C/c1ccc(OCC(=O)N2CCOCC2)cc1)c1ccccc1O. The third kappa shape index (κ3) is 5.31. The van der Waals surface area contributed by atoms with Crippen LogP contribution in [0, 0.1) is 0 Å². The number of ether oxygens (including phenoxy) is 2. The van der Waals surface area contributed by atoms with Crippen LogP contribution in [0.25, 0.3) is 0 Å². The molecule has 0 atom stereocenters. The molecule has 1 heterocycles. The van der Waals surface area contributed by atoms with Gasteiger partial charge in [0.25, 0.3) is 11.8 Å². The normalized spacial score (nSPS) is 14.1. The van der Waals surface area contributed by atoms with Crippen molar-refractivity contribution in [3.63, 3.8) is 0 Å². The predicted molar refractivity (Wildman–Crippen MR) is 103 cm³/mol. The molecule has 2 amide bonds. The van der Waals surface area contributed by atoms with Gasteiger partial charge in [0.2, 0.25) is 0 Å². The molecule has 1 aliphatic heterocycles. The van der Waals surface area contributed by atoms with Crippen LogP contribution in [0.1, 0.15) is 15.9 Å². The fourth-order valence-electron chi connectivity index (χ4n) is 2.59. The van der Waals surface area contributed by atoms with Gasteiger partial charge in [-0.05, 0) is 42.0 Å². The van der Waals surface area contributed by atoms with Crippen LogP contribution < -0.4 is 10.2 Å². The number of carbonyl (C=O) groups is 2. The van der Waals surface area contributed by atoms with E-state index in [4.69, 9.17) is 9.47 Å². The summed E-state index contributed by atoms with van der Waals surface area (Å²) < 4.78 is 10.7. The first-order chi connectivity index (χ1) is 13.6. The number of phenolic OH excluding ortho intramolecular Hbond substituents is 1. The molecule has 2 aromatic rings. The molecule has 0 radical (unpaired) electrons. The van der Waals surface area contributed by atoms with Crippen LogP contribution in [0.2, 0.25) is 0 Å². The monoisotopic (exact) mass is 383 g/mol. The first-order valence-electron chi connectivity index (χ1n) is 8.83. The van der Waals surface area contributed by atoms with Crippen molar-refractivity contribution in [1.29, 1.82) is 0 Å². The van der Waals surface area contributed by atoms with E-state index in [-0.39, 0.29) is 23.8 Å². The third-order valence-corrected chi connectivity index (χ3v) is 4.13. The summed E-state index contributed by atoms with van der Waals surface area (Å²) in [7, 11) is 0. The Labute approximate surface area is 162 Å². The largest absolute Gasteiger partial charge is 0.507 e. The number of morpholine rings is 1. The first-order valence-corrected chi connectivity index (χ1v) is 8.83. The summed E-state index contributed by atoms with van der Waals surface area (Å²) in [5, 5.41) is 13.5. The number of hydrogen-bond acceptors (Lipinski definition) is 6. The molecule has 1 saturated heterocycles. The topological polar surface area (TPSA) is 100 Å². The third-order valence-electron chi connectivity index (χ3n) is 4.13. The maximum absolute atomic E-state index is 12.1. The Balaban J connectivity index is 1.47. The highest BCUT2D eigenvalue weighted by Gasteiger charge is 2.17. The molecule has 0 saturated carbocycles. The van der Waals surface area contributed by atoms with E-state index in [9.17, 15) is 14.7 Å². The van der Waals surface area contributed by atoms with Gasteiger partial charge < -0.3 is 19.5 Å². The second kappa shape index (κ2) is 9.52. The van der Waals surface area contributed by atoms with Gasteiger partial charge in [0.05, 0.1) is 25.0 Å². The van der Waals surface area contributed by atoms with Gasteiger partial charge in [-0.1, -0.05) is 12.1 Å². The highest BCUT2D eigenvalue weighted by atomic mass is 16.5. The lowest BCUT2D eigenvalue weighted by Gasteiger charge is -2.26. The zero-order chi connectivity index (χ0) is 19.8. The van der Waals surface area contributed by atoms with Crippen LogP contribution in [-0.4, -0.2) is 60.9 Å². The number of benzene rings is 2. The van der Waals surface area contributed by atoms with E-state index in [1.54, 1.807) is 41.3 Å². The summed E-state index contributed by atoms with van der Waals surface area (Å²) in [6.45, 7) is 2.26. The number of nitrogens with one attached hydrogen (secondary N) is 1. The van der Waals surface area contributed by atoms with Gasteiger partial charge in [-0.25, -0.2) is 5.43 Å². The van der Waals surface area contributed by atoms with Gasteiger partial charge in [0.1, 0.15) is 11.5 Å². The number of phenols is 1. The molecule has 8 nitrogen and oxygen atoms in total. The van der Waals surface area contributed by atoms with Crippen LogP contribution in [0.15, 0.2) is 53.6 Å². The average Bonchev–Trinajstić information content (AvgIpc) is 2.74. The minimum absolute atomic E-state index is 0.0237. The summed E-state index contributed by atoms with van der Waals surface area (Å²) in [6.07, 6.45) is 1.47. The molecule has 0 spiro atoms. The number of aromatic hydroxyl groups is 1. The molecule has 2 aromatic carbocycles. The van der Waals surface area contributed by atoms with Crippen LogP contribution in [0.5, 0.6) is 11.5 Å². The molecule has 146 valence electrons. The van der Waals surface area contributed by atoms with E-state index >= 15 is 0 Å². The molecule has 3 rings (SSSR count). The number of hydrogen-bond donors (Lipinski definition) is 2. The van der Waals surface area contributed by atoms with Gasteiger partial charge in [-0.3, -0.25) is 9.59 Å². The smallest absolute Gasteiger partial charge is 0.275 e. The van der Waals surface area contributed by atoms with Gasteiger partial charge >= 0.3 is 0 Å². The van der Waals surface area contributed by atoms with Crippen molar-refractivity contribution in [3.05, 3.63) is 59.7 Å². The molecule has 28 heavy (non-hydrogen) atoms. The summed E-state index contributed by atoms with van der Waals surface area (Å²) in [5.41, 5.74) is 3.25. The Morgan fingerprint density at radius 1 is 1.14 bits per heavy atom. The molecule has 8 heteroatoms. The number of hydrazone groups is 1. The molecule has 1 aliphatic rings. The Morgan fingerprint density at radius 2 is 1.86 bits per heavy atom. The highest BCUT2D eigenvalue weighted by Crippen LogP contribution is 2.15. The summed E-state index contributed by atoms with van der Waals surface area (Å²) >= 11 is 0. The van der Waals surface area contributed by atoms with Gasteiger partial charge in [-0.2, -0.15) is 5.10 Å². The second-order valence-electron chi connectivity index (χ2n) is 6.07.